The lowest BCUT2D eigenvalue weighted by atomic mass is 10.1. The molecule has 2 rings (SSSR count). The summed E-state index contributed by atoms with van der Waals surface area (Å²) >= 11 is 0. The average Bonchev–Trinajstić information content (AvgIpc) is 3.39. The second-order valence-corrected chi connectivity index (χ2v) is 9.73. The van der Waals surface area contributed by atoms with E-state index in [1.165, 1.54) is 12.5 Å². The molecule has 1 aromatic carbocycles. The third-order valence-electron chi connectivity index (χ3n) is 4.96. The first-order valence-corrected chi connectivity index (χ1v) is 13.1. The highest BCUT2D eigenvalue weighted by atomic mass is 32.2. The number of carbonyl (C=O) groups is 3. The lowest BCUT2D eigenvalue weighted by Crippen LogP contribution is -2.51. The fraction of sp³-hybridized carbons (Fsp3) is 0.409. The highest BCUT2D eigenvalue weighted by Crippen LogP contribution is 2.08. The first kappa shape index (κ1) is 29.4. The number of amides is 2. The number of sulfonamides is 1. The zero-order chi connectivity index (χ0) is 27.3. The fourth-order valence-corrected chi connectivity index (χ4v) is 4.64. The Morgan fingerprint density at radius 2 is 1.81 bits per heavy atom. The third-order valence-corrected chi connectivity index (χ3v) is 6.31. The Kier molecular flexibility index (Phi) is 11.7. The molecule has 0 bridgehead atoms. The summed E-state index contributed by atoms with van der Waals surface area (Å²) in [6, 6.07) is 6.26. The Balaban J connectivity index is 2.01. The molecule has 37 heavy (non-hydrogen) atoms. The van der Waals surface area contributed by atoms with Crippen LogP contribution in [0.1, 0.15) is 35.5 Å². The summed E-state index contributed by atoms with van der Waals surface area (Å²) in [4.78, 5) is 45.3. The van der Waals surface area contributed by atoms with E-state index in [9.17, 15) is 22.8 Å². The van der Waals surface area contributed by atoms with E-state index in [0.717, 1.165) is 0 Å². The summed E-state index contributed by atoms with van der Waals surface area (Å²) in [6.07, 6.45) is 2.99. The van der Waals surface area contributed by atoms with Gasteiger partial charge in [0.2, 0.25) is 27.6 Å². The molecule has 0 saturated heterocycles. The molecule has 0 fully saturated rings. The van der Waals surface area contributed by atoms with Crippen molar-refractivity contribution in [1.82, 2.24) is 20.3 Å². The Labute approximate surface area is 214 Å². The van der Waals surface area contributed by atoms with Gasteiger partial charge in [0.05, 0.1) is 24.5 Å². The van der Waals surface area contributed by atoms with Crippen molar-refractivity contribution in [2.75, 3.05) is 19.6 Å². The van der Waals surface area contributed by atoms with Crippen molar-refractivity contribution >= 4 is 33.6 Å². The molecule has 0 aliphatic heterocycles. The van der Waals surface area contributed by atoms with Crippen molar-refractivity contribution in [1.29, 1.82) is 0 Å². The second-order valence-electron chi connectivity index (χ2n) is 7.98. The number of nitrogens with two attached hydrogens (primary N) is 3. The van der Waals surface area contributed by atoms with Gasteiger partial charge < -0.3 is 32.3 Å². The zero-order valence-corrected chi connectivity index (χ0v) is 20.9. The molecule has 0 spiro atoms. The molecule has 0 radical (unpaired) electrons. The maximum absolute atomic E-state index is 12.8. The molecule has 0 aliphatic rings. The van der Waals surface area contributed by atoms with Crippen LogP contribution in [0.5, 0.6) is 0 Å². The number of guanidine groups is 1. The number of Topliss-reactive ketones (excluding diaryl/α,β-unsaturated/α-hetero) is 1. The van der Waals surface area contributed by atoms with Crippen LogP contribution in [0.2, 0.25) is 0 Å². The molecule has 2 amide bonds. The lowest BCUT2D eigenvalue weighted by Gasteiger charge is -2.19. The van der Waals surface area contributed by atoms with E-state index in [1.54, 1.807) is 30.3 Å². The van der Waals surface area contributed by atoms with Gasteiger partial charge in [-0.15, -0.1) is 0 Å². The van der Waals surface area contributed by atoms with Crippen molar-refractivity contribution in [2.45, 2.75) is 37.1 Å². The molecule has 2 aromatic rings. The van der Waals surface area contributed by atoms with Gasteiger partial charge in [0.15, 0.2) is 5.96 Å². The number of aromatic nitrogens is 1. The quantitative estimate of drug-likeness (QED) is 0.0618. The number of oxazole rings is 1. The van der Waals surface area contributed by atoms with Gasteiger partial charge in [0, 0.05) is 6.54 Å². The van der Waals surface area contributed by atoms with Gasteiger partial charge in [-0.3, -0.25) is 19.4 Å². The van der Waals surface area contributed by atoms with Gasteiger partial charge >= 0.3 is 0 Å². The smallest absolute Gasteiger partial charge is 0.265 e. The van der Waals surface area contributed by atoms with E-state index in [1.807, 2.05) is 0 Å². The van der Waals surface area contributed by atoms with Crippen LogP contribution in [0.3, 0.4) is 0 Å². The van der Waals surface area contributed by atoms with Gasteiger partial charge in [-0.05, 0) is 31.4 Å². The molecule has 0 unspecified atom stereocenters. The first-order chi connectivity index (χ1) is 17.6. The molecule has 9 N–H and O–H groups in total. The van der Waals surface area contributed by atoms with Gasteiger partial charge in [0.1, 0.15) is 12.3 Å². The number of rotatable bonds is 16. The molecule has 14 nitrogen and oxygen atoms in total. The molecule has 15 heteroatoms. The number of ketones is 1. The highest BCUT2D eigenvalue weighted by molar-refractivity contribution is 7.88. The predicted molar refractivity (Wildman–Crippen MR) is 135 cm³/mol. The molecule has 0 saturated carbocycles. The van der Waals surface area contributed by atoms with E-state index in [4.69, 9.17) is 21.6 Å². The van der Waals surface area contributed by atoms with Gasteiger partial charge in [0.25, 0.3) is 5.89 Å². The summed E-state index contributed by atoms with van der Waals surface area (Å²) in [6.45, 7) is -0.231. The van der Waals surface area contributed by atoms with Crippen LogP contribution in [0.15, 0.2) is 52.2 Å². The molecule has 0 aliphatic carbocycles. The minimum Gasteiger partial charge on any atom is -0.442 e. The van der Waals surface area contributed by atoms with Crippen molar-refractivity contribution in [3.63, 3.8) is 0 Å². The number of hydrogen-bond donors (Lipinski definition) is 6. The molecule has 2 atom stereocenters. The van der Waals surface area contributed by atoms with Crippen LogP contribution in [0, 0.1) is 0 Å². The normalized spacial score (nSPS) is 12.8. The van der Waals surface area contributed by atoms with Crippen LogP contribution in [0.4, 0.5) is 0 Å². The number of aliphatic imine (C=N–C) groups is 1. The maximum Gasteiger partial charge on any atom is 0.265 e. The Hall–Kier alpha value is -3.82. The topological polar surface area (TPSA) is 238 Å². The van der Waals surface area contributed by atoms with E-state index in [-0.39, 0.29) is 43.5 Å². The minimum absolute atomic E-state index is 0.0662. The predicted octanol–water partition coefficient (Wildman–Crippen LogP) is -1.65. The standard InChI is InChI=1S/C22H32N8O6S/c23-9-8-16(19(32)21-26-11-12-36-21)29-18(31)13-28-20(33)17(7-4-10-27-22(24)25)30-37(34,35)14-15-5-2-1-3-6-15/h1-3,5-6,11-12,16-17,30H,4,7-10,13-14,23H2,(H,28,33)(H,29,31)(H4,24,25,27)/t16-,17+/m0/s1. The van der Waals surface area contributed by atoms with Crippen LogP contribution in [-0.4, -0.2) is 68.7 Å². The van der Waals surface area contributed by atoms with E-state index >= 15 is 0 Å². The van der Waals surface area contributed by atoms with E-state index in [0.29, 0.717) is 12.0 Å². The van der Waals surface area contributed by atoms with Gasteiger partial charge in [-0.25, -0.2) is 18.1 Å². The molecular formula is C22H32N8O6S. The number of nitrogens with zero attached hydrogens (tertiary/aromatic N) is 2. The monoisotopic (exact) mass is 536 g/mol. The largest absolute Gasteiger partial charge is 0.442 e. The second kappa shape index (κ2) is 14.7. The van der Waals surface area contributed by atoms with Crippen LogP contribution in [-0.2, 0) is 25.4 Å². The van der Waals surface area contributed by atoms with Crippen molar-refractivity contribution in [3.05, 3.63) is 54.2 Å². The maximum atomic E-state index is 12.8. The lowest BCUT2D eigenvalue weighted by molar-refractivity contribution is -0.127. The summed E-state index contributed by atoms with van der Waals surface area (Å²) in [5, 5.41) is 4.87. The zero-order valence-electron chi connectivity index (χ0n) is 20.1. The van der Waals surface area contributed by atoms with Crippen LogP contribution >= 0.6 is 0 Å². The molecule has 1 heterocycles. The Morgan fingerprint density at radius 3 is 2.43 bits per heavy atom. The summed E-state index contributed by atoms with van der Waals surface area (Å²) < 4.78 is 32.7. The molecule has 202 valence electrons. The molecule has 1 aromatic heterocycles. The van der Waals surface area contributed by atoms with Gasteiger partial charge in [-0.2, -0.15) is 0 Å². The summed E-state index contributed by atoms with van der Waals surface area (Å²) in [5.74, 6) is -2.63. The van der Waals surface area contributed by atoms with Crippen molar-refractivity contribution in [3.8, 4) is 0 Å². The van der Waals surface area contributed by atoms with Crippen molar-refractivity contribution in [2.24, 2.45) is 22.2 Å². The minimum atomic E-state index is -3.91. The Morgan fingerprint density at radius 1 is 1.08 bits per heavy atom. The van der Waals surface area contributed by atoms with Crippen LogP contribution in [0.25, 0.3) is 0 Å². The Bertz CT molecular complexity index is 1150. The van der Waals surface area contributed by atoms with Crippen LogP contribution < -0.4 is 32.6 Å². The first-order valence-electron chi connectivity index (χ1n) is 11.4. The molecular weight excluding hydrogens is 504 g/mol. The number of carbonyl (C=O) groups excluding carboxylic acids is 3. The fourth-order valence-electron chi connectivity index (χ4n) is 3.26. The SMILES string of the molecule is NCC[C@H](NC(=O)CNC(=O)[C@@H](CCCN=C(N)N)NS(=O)(=O)Cc1ccccc1)C(=O)c1ncco1. The highest BCUT2D eigenvalue weighted by Gasteiger charge is 2.27. The van der Waals surface area contributed by atoms with Gasteiger partial charge in [-0.1, -0.05) is 30.3 Å². The summed E-state index contributed by atoms with van der Waals surface area (Å²) in [7, 11) is -3.91. The number of hydrogen-bond acceptors (Lipinski definition) is 9. The average molecular weight is 537 g/mol. The van der Waals surface area contributed by atoms with E-state index < -0.39 is 46.2 Å². The summed E-state index contributed by atoms with van der Waals surface area (Å²) in [5.41, 5.74) is 16.7. The third kappa shape index (κ3) is 10.8. The number of nitrogens with one attached hydrogen (secondary N) is 3. The van der Waals surface area contributed by atoms with E-state index in [2.05, 4.69) is 25.3 Å². The van der Waals surface area contributed by atoms with Crippen molar-refractivity contribution < 1.29 is 27.2 Å². The number of benzene rings is 1.